The molecule has 0 radical (unpaired) electrons. The maximum Gasteiger partial charge on any atom is 0.187 e. The van der Waals surface area contributed by atoms with Gasteiger partial charge in [-0.1, -0.05) is 24.3 Å². The number of carbonyl (C=O) groups is 1. The Kier molecular flexibility index (Phi) is 7.47. The predicted octanol–water partition coefficient (Wildman–Crippen LogP) is 5.24. The Hall–Kier alpha value is -2.85. The molecule has 30 heavy (non-hydrogen) atoms. The van der Waals surface area contributed by atoms with Gasteiger partial charge in [0.2, 0.25) is 0 Å². The molecular weight excluding hydrogens is 374 g/mol. The number of nitrogens with zero attached hydrogens (tertiary/aromatic N) is 1. The molecule has 1 saturated heterocycles. The van der Waals surface area contributed by atoms with Gasteiger partial charge in [0, 0.05) is 30.3 Å². The number of Topliss-reactive ketones (excluding diaryl/α,β-unsaturated/α-hetero) is 1. The highest BCUT2D eigenvalue weighted by atomic mass is 16.5. The van der Waals surface area contributed by atoms with Crippen molar-refractivity contribution in [2.45, 2.75) is 33.7 Å². The highest BCUT2D eigenvalue weighted by molar-refractivity contribution is 6.14. The van der Waals surface area contributed by atoms with Crippen molar-refractivity contribution < 1.29 is 14.3 Å². The summed E-state index contributed by atoms with van der Waals surface area (Å²) in [6.07, 6.45) is 4.00. The Morgan fingerprint density at radius 2 is 1.20 bits per heavy atom. The van der Waals surface area contributed by atoms with Gasteiger partial charge in [-0.25, -0.2) is 0 Å². The van der Waals surface area contributed by atoms with Gasteiger partial charge in [0.15, 0.2) is 5.78 Å². The topological polar surface area (TPSA) is 38.8 Å². The number of ketones is 1. The first-order valence-electron chi connectivity index (χ1n) is 10.7. The summed E-state index contributed by atoms with van der Waals surface area (Å²) < 4.78 is 11.0. The summed E-state index contributed by atoms with van der Waals surface area (Å²) in [5.74, 6) is 1.80. The standard InChI is InChI=1S/C26H31NO3/c1-5-29-24-11-7-20(8-12-24)15-22-17-27(19(3)4)18-23(26(22)28)16-21-9-13-25(14-10-21)30-6-2/h7-16,19H,5-6,17-18H2,1-4H3/b22-15-,23-16-. The second kappa shape index (κ2) is 10.3. The number of hydrogen-bond acceptors (Lipinski definition) is 4. The summed E-state index contributed by atoms with van der Waals surface area (Å²) in [7, 11) is 0. The number of rotatable bonds is 7. The minimum atomic E-state index is 0.120. The summed E-state index contributed by atoms with van der Waals surface area (Å²) in [6.45, 7) is 10.9. The number of carbonyl (C=O) groups excluding carboxylic acids is 1. The Bertz CT molecular complexity index is 837. The Labute approximate surface area is 179 Å². The van der Waals surface area contributed by atoms with Gasteiger partial charge in [-0.15, -0.1) is 0 Å². The lowest BCUT2D eigenvalue weighted by Gasteiger charge is -2.32. The normalized spacial score (nSPS) is 17.7. The molecule has 0 aliphatic carbocycles. The van der Waals surface area contributed by atoms with Crippen molar-refractivity contribution in [1.82, 2.24) is 4.90 Å². The third-order valence-corrected chi connectivity index (χ3v) is 5.12. The van der Waals surface area contributed by atoms with E-state index < -0.39 is 0 Å². The van der Waals surface area contributed by atoms with Gasteiger partial charge in [0.1, 0.15) is 11.5 Å². The van der Waals surface area contributed by atoms with E-state index in [-0.39, 0.29) is 5.78 Å². The molecule has 4 heteroatoms. The molecule has 0 amide bonds. The first-order chi connectivity index (χ1) is 14.5. The summed E-state index contributed by atoms with van der Waals surface area (Å²) in [6, 6.07) is 16.1. The van der Waals surface area contributed by atoms with Crippen LogP contribution in [0.2, 0.25) is 0 Å². The lowest BCUT2D eigenvalue weighted by atomic mass is 9.93. The molecule has 3 rings (SSSR count). The van der Waals surface area contributed by atoms with Crippen LogP contribution in [0.4, 0.5) is 0 Å². The van der Waals surface area contributed by atoms with E-state index in [2.05, 4.69) is 18.7 Å². The van der Waals surface area contributed by atoms with Gasteiger partial charge >= 0.3 is 0 Å². The van der Waals surface area contributed by atoms with Crippen LogP contribution in [0, 0.1) is 0 Å². The number of benzene rings is 2. The number of ether oxygens (including phenoxy) is 2. The molecule has 0 spiro atoms. The monoisotopic (exact) mass is 405 g/mol. The van der Waals surface area contributed by atoms with E-state index in [0.29, 0.717) is 32.3 Å². The molecule has 0 atom stereocenters. The van der Waals surface area contributed by atoms with Crippen LogP contribution in [0.5, 0.6) is 11.5 Å². The van der Waals surface area contributed by atoms with Crippen LogP contribution in [-0.4, -0.2) is 43.0 Å². The second-order valence-corrected chi connectivity index (χ2v) is 7.67. The van der Waals surface area contributed by atoms with E-state index in [4.69, 9.17) is 9.47 Å². The highest BCUT2D eigenvalue weighted by Crippen LogP contribution is 2.25. The minimum Gasteiger partial charge on any atom is -0.494 e. The van der Waals surface area contributed by atoms with Crippen molar-refractivity contribution in [3.05, 3.63) is 70.8 Å². The molecule has 158 valence electrons. The minimum absolute atomic E-state index is 0.120. The van der Waals surface area contributed by atoms with Crippen LogP contribution >= 0.6 is 0 Å². The molecule has 2 aromatic carbocycles. The number of hydrogen-bond donors (Lipinski definition) is 0. The number of likely N-dealkylation sites (tertiary alicyclic amines) is 1. The summed E-state index contributed by atoms with van der Waals surface area (Å²) in [5.41, 5.74) is 3.65. The fraction of sp³-hybridized carbons (Fsp3) is 0.346. The van der Waals surface area contributed by atoms with Crippen molar-refractivity contribution in [2.24, 2.45) is 0 Å². The largest absolute Gasteiger partial charge is 0.494 e. The molecule has 0 N–H and O–H groups in total. The number of piperidine rings is 1. The first kappa shape index (κ1) is 21.8. The van der Waals surface area contributed by atoms with E-state index in [1.165, 1.54) is 0 Å². The summed E-state index contributed by atoms with van der Waals surface area (Å²) >= 11 is 0. The Morgan fingerprint density at radius 1 is 0.800 bits per heavy atom. The maximum absolute atomic E-state index is 13.2. The van der Waals surface area contributed by atoms with E-state index in [1.54, 1.807) is 0 Å². The van der Waals surface area contributed by atoms with Crippen LogP contribution in [0.15, 0.2) is 59.7 Å². The van der Waals surface area contributed by atoms with Gasteiger partial charge in [0.05, 0.1) is 13.2 Å². The molecule has 1 heterocycles. The van der Waals surface area contributed by atoms with Crippen molar-refractivity contribution >= 4 is 17.9 Å². The molecule has 4 nitrogen and oxygen atoms in total. The van der Waals surface area contributed by atoms with Crippen molar-refractivity contribution in [1.29, 1.82) is 0 Å². The summed E-state index contributed by atoms with van der Waals surface area (Å²) in [4.78, 5) is 15.6. The molecule has 1 aliphatic heterocycles. The zero-order valence-corrected chi connectivity index (χ0v) is 18.4. The van der Waals surface area contributed by atoms with Crippen molar-refractivity contribution in [3.63, 3.8) is 0 Å². The van der Waals surface area contributed by atoms with E-state index in [1.807, 2.05) is 74.5 Å². The van der Waals surface area contributed by atoms with E-state index in [9.17, 15) is 4.79 Å². The third kappa shape index (κ3) is 5.61. The van der Waals surface area contributed by atoms with Crippen LogP contribution in [-0.2, 0) is 4.79 Å². The first-order valence-corrected chi connectivity index (χ1v) is 10.7. The smallest absolute Gasteiger partial charge is 0.187 e. The molecular formula is C26H31NO3. The quantitative estimate of drug-likeness (QED) is 0.590. The molecule has 0 unspecified atom stereocenters. The van der Waals surface area contributed by atoms with Gasteiger partial charge in [0.25, 0.3) is 0 Å². The molecule has 1 aliphatic rings. The average molecular weight is 406 g/mol. The van der Waals surface area contributed by atoms with E-state index in [0.717, 1.165) is 33.8 Å². The maximum atomic E-state index is 13.2. The molecule has 0 bridgehead atoms. The molecule has 2 aromatic rings. The third-order valence-electron chi connectivity index (χ3n) is 5.12. The summed E-state index contributed by atoms with van der Waals surface area (Å²) in [5, 5.41) is 0. The van der Waals surface area contributed by atoms with Gasteiger partial charge in [-0.2, -0.15) is 0 Å². The van der Waals surface area contributed by atoms with Crippen molar-refractivity contribution in [2.75, 3.05) is 26.3 Å². The highest BCUT2D eigenvalue weighted by Gasteiger charge is 2.27. The average Bonchev–Trinajstić information content (AvgIpc) is 2.74. The SMILES string of the molecule is CCOc1ccc(/C=C2/CN(C(C)C)C/C(=C/c3ccc(OCC)cc3)C2=O)cc1. The zero-order chi connectivity index (χ0) is 21.5. The van der Waals surface area contributed by atoms with Gasteiger partial charge < -0.3 is 9.47 Å². The Balaban J connectivity index is 1.87. The lowest BCUT2D eigenvalue weighted by molar-refractivity contribution is -0.113. The molecule has 0 saturated carbocycles. The lowest BCUT2D eigenvalue weighted by Crippen LogP contribution is -2.41. The zero-order valence-electron chi connectivity index (χ0n) is 18.4. The van der Waals surface area contributed by atoms with Crippen LogP contribution < -0.4 is 9.47 Å². The fourth-order valence-corrected chi connectivity index (χ4v) is 3.49. The molecule has 1 fully saturated rings. The Morgan fingerprint density at radius 3 is 1.53 bits per heavy atom. The second-order valence-electron chi connectivity index (χ2n) is 7.67. The van der Waals surface area contributed by atoms with Gasteiger partial charge in [-0.3, -0.25) is 9.69 Å². The van der Waals surface area contributed by atoms with Gasteiger partial charge in [-0.05, 0) is 75.2 Å². The predicted molar refractivity (Wildman–Crippen MR) is 123 cm³/mol. The van der Waals surface area contributed by atoms with Crippen molar-refractivity contribution in [3.8, 4) is 11.5 Å². The molecule has 0 aromatic heterocycles. The van der Waals surface area contributed by atoms with Crippen LogP contribution in [0.1, 0.15) is 38.8 Å². The van der Waals surface area contributed by atoms with E-state index >= 15 is 0 Å². The van der Waals surface area contributed by atoms with Crippen LogP contribution in [0.3, 0.4) is 0 Å². The fourth-order valence-electron chi connectivity index (χ4n) is 3.49. The van der Waals surface area contributed by atoms with Crippen LogP contribution in [0.25, 0.3) is 12.2 Å².